The molecule has 2 aromatic carbocycles. The summed E-state index contributed by atoms with van der Waals surface area (Å²) in [6.45, 7) is 3.18. The fourth-order valence-electron chi connectivity index (χ4n) is 6.59. The van der Waals surface area contributed by atoms with Crippen molar-refractivity contribution in [2.45, 2.75) is 62.4 Å². The van der Waals surface area contributed by atoms with E-state index in [9.17, 15) is 30.8 Å². The van der Waals surface area contributed by atoms with Gasteiger partial charge in [0.1, 0.15) is 29.6 Å². The summed E-state index contributed by atoms with van der Waals surface area (Å²) >= 11 is 0. The van der Waals surface area contributed by atoms with Crippen LogP contribution in [0.4, 0.5) is 26.3 Å². The molecule has 8 nitrogen and oxygen atoms in total. The summed E-state index contributed by atoms with van der Waals surface area (Å²) in [5.41, 5.74) is -0.367. The highest BCUT2D eigenvalue weighted by molar-refractivity contribution is 7.89. The Balaban J connectivity index is 1.35. The lowest BCUT2D eigenvalue weighted by atomic mass is 9.95. The number of hydrogen-bond donors (Lipinski definition) is 1. The number of nitrogens with one attached hydrogen (secondary N) is 1. The van der Waals surface area contributed by atoms with Crippen molar-refractivity contribution in [2.75, 3.05) is 13.1 Å². The number of hydrogen-bond acceptors (Lipinski definition) is 5. The zero-order valence-corrected chi connectivity index (χ0v) is 26.6. The van der Waals surface area contributed by atoms with Gasteiger partial charge in [0.15, 0.2) is 0 Å². The average Bonchev–Trinajstić information content (AvgIpc) is 3.69. The largest absolute Gasteiger partial charge is 0.346 e. The second kappa shape index (κ2) is 12.7. The van der Waals surface area contributed by atoms with Crippen molar-refractivity contribution in [1.82, 2.24) is 24.4 Å². The SMILES string of the molecule is CCN(CC)S(=O)(=O)c1ccc(-c2cccnc2[C@H](Cc2cc(F)cc(F)c2)NC(=O)Cn2nc(C(F)F)c3c2C(F)(F)C2CC32)cc1. The number of nitrogens with zero attached hydrogens (tertiary/aromatic N) is 4. The Bertz CT molecular complexity index is 1940. The van der Waals surface area contributed by atoms with Gasteiger partial charge in [-0.1, -0.05) is 32.0 Å². The van der Waals surface area contributed by atoms with Crippen molar-refractivity contribution in [1.29, 1.82) is 0 Å². The first kappa shape index (κ1) is 33.7. The molecule has 2 heterocycles. The van der Waals surface area contributed by atoms with Gasteiger partial charge >= 0.3 is 0 Å². The number of alkyl halides is 4. The standard InChI is InChI=1S/C33H31F6N5O3S/c1-3-43(4-2)48(46,47)22-9-7-19(8-10-22)23-6-5-11-40-29(23)26(14-18-12-20(34)15-21(35)13-18)41-27(45)17-44-31-28(30(42-44)32(36)37)24-16-25(24)33(31,38)39/h5-13,15,24-26,32H,3-4,14,16-17H2,1-2H3,(H,41,45)/t24?,25?,26-/m0/s1. The highest BCUT2D eigenvalue weighted by Crippen LogP contribution is 2.68. The Hall–Kier alpha value is -4.24. The Morgan fingerprint density at radius 2 is 1.71 bits per heavy atom. The van der Waals surface area contributed by atoms with E-state index in [1.807, 2.05) is 0 Å². The first-order valence-electron chi connectivity index (χ1n) is 15.3. The fraction of sp³-hybridized carbons (Fsp3) is 0.364. The minimum atomic E-state index is -3.76. The van der Waals surface area contributed by atoms with Gasteiger partial charge in [-0.2, -0.15) is 18.2 Å². The number of halogens is 6. The van der Waals surface area contributed by atoms with Crippen molar-refractivity contribution < 1.29 is 39.6 Å². The zero-order valence-electron chi connectivity index (χ0n) is 25.8. The molecule has 4 aromatic rings. The number of benzene rings is 2. The third-order valence-corrected chi connectivity index (χ3v) is 10.9. The molecule has 2 unspecified atom stereocenters. The van der Waals surface area contributed by atoms with E-state index in [-0.39, 0.29) is 47.6 Å². The molecule has 48 heavy (non-hydrogen) atoms. The van der Waals surface area contributed by atoms with E-state index in [0.717, 1.165) is 12.1 Å². The number of pyridine rings is 1. The molecule has 1 amide bonds. The Morgan fingerprint density at radius 1 is 1.04 bits per heavy atom. The maximum absolute atomic E-state index is 15.1. The molecule has 0 radical (unpaired) electrons. The number of amides is 1. The van der Waals surface area contributed by atoms with E-state index in [0.29, 0.717) is 21.9 Å². The molecule has 0 spiro atoms. The van der Waals surface area contributed by atoms with Gasteiger partial charge in [-0.05, 0) is 60.2 Å². The lowest BCUT2D eigenvalue weighted by molar-refractivity contribution is -0.123. The van der Waals surface area contributed by atoms with E-state index >= 15 is 8.78 Å². The lowest BCUT2D eigenvalue weighted by Crippen LogP contribution is -2.35. The first-order valence-corrected chi connectivity index (χ1v) is 16.8. The average molecular weight is 692 g/mol. The third kappa shape index (κ3) is 6.09. The molecule has 3 atom stereocenters. The van der Waals surface area contributed by atoms with Crippen LogP contribution in [0.5, 0.6) is 0 Å². The van der Waals surface area contributed by atoms with Crippen LogP contribution in [0.25, 0.3) is 11.1 Å². The molecule has 0 bridgehead atoms. The summed E-state index contributed by atoms with van der Waals surface area (Å²) in [5, 5.41) is 6.39. The predicted octanol–water partition coefficient (Wildman–Crippen LogP) is 6.50. The van der Waals surface area contributed by atoms with Crippen molar-refractivity contribution in [3.05, 3.63) is 101 Å². The van der Waals surface area contributed by atoms with Crippen LogP contribution >= 0.6 is 0 Å². The summed E-state index contributed by atoms with van der Waals surface area (Å²) in [4.78, 5) is 18.0. The van der Waals surface area contributed by atoms with Crippen LogP contribution < -0.4 is 5.32 Å². The number of sulfonamides is 1. The maximum atomic E-state index is 15.1. The highest BCUT2D eigenvalue weighted by atomic mass is 32.2. The maximum Gasteiger partial charge on any atom is 0.293 e. The normalized spacial score (nSPS) is 18.5. The lowest BCUT2D eigenvalue weighted by Gasteiger charge is -2.23. The molecule has 1 fully saturated rings. The van der Waals surface area contributed by atoms with Gasteiger partial charge in [0.25, 0.3) is 12.3 Å². The summed E-state index contributed by atoms with van der Waals surface area (Å²) in [6.07, 6.45) is -1.82. The van der Waals surface area contributed by atoms with E-state index < -0.39 is 75.7 Å². The van der Waals surface area contributed by atoms with Gasteiger partial charge in [0, 0.05) is 42.4 Å². The van der Waals surface area contributed by atoms with Gasteiger partial charge in [-0.15, -0.1) is 0 Å². The van der Waals surface area contributed by atoms with E-state index in [4.69, 9.17) is 0 Å². The van der Waals surface area contributed by atoms with Crippen LogP contribution in [-0.4, -0.2) is 46.5 Å². The molecule has 15 heteroatoms. The number of carbonyl (C=O) groups is 1. The molecule has 0 saturated heterocycles. The van der Waals surface area contributed by atoms with Crippen molar-refractivity contribution >= 4 is 15.9 Å². The molecule has 254 valence electrons. The predicted molar refractivity (Wildman–Crippen MR) is 163 cm³/mol. The van der Waals surface area contributed by atoms with Gasteiger partial charge < -0.3 is 5.32 Å². The molecule has 6 rings (SSSR count). The molecule has 2 aliphatic carbocycles. The topological polar surface area (TPSA) is 97.2 Å². The number of aromatic nitrogens is 3. The van der Waals surface area contributed by atoms with Crippen LogP contribution in [0, 0.1) is 17.6 Å². The second-order valence-electron chi connectivity index (χ2n) is 11.8. The minimum absolute atomic E-state index is 0.0600. The van der Waals surface area contributed by atoms with Crippen LogP contribution in [0.2, 0.25) is 0 Å². The molecular formula is C33H31F6N5O3S. The minimum Gasteiger partial charge on any atom is -0.346 e. The highest BCUT2D eigenvalue weighted by Gasteiger charge is 2.67. The Morgan fingerprint density at radius 3 is 2.33 bits per heavy atom. The molecule has 0 aliphatic heterocycles. The van der Waals surface area contributed by atoms with Crippen LogP contribution in [0.3, 0.4) is 0 Å². The molecule has 2 aromatic heterocycles. The molecule has 1 saturated carbocycles. The number of rotatable bonds is 12. The van der Waals surface area contributed by atoms with Gasteiger partial charge in [0.2, 0.25) is 15.9 Å². The van der Waals surface area contributed by atoms with Crippen molar-refractivity contribution in [3.63, 3.8) is 0 Å². The molecule has 1 N–H and O–H groups in total. The number of carbonyl (C=O) groups excluding carboxylic acids is 1. The first-order chi connectivity index (χ1) is 22.8. The van der Waals surface area contributed by atoms with Gasteiger partial charge in [-0.3, -0.25) is 14.5 Å². The van der Waals surface area contributed by atoms with Crippen LogP contribution in [-0.2, 0) is 33.7 Å². The monoisotopic (exact) mass is 691 g/mol. The summed E-state index contributed by atoms with van der Waals surface area (Å²) in [6, 6.07) is 11.0. The smallest absolute Gasteiger partial charge is 0.293 e. The van der Waals surface area contributed by atoms with E-state index in [1.54, 1.807) is 38.1 Å². The number of fused-ring (bicyclic) bond motifs is 3. The second-order valence-corrected chi connectivity index (χ2v) is 13.8. The summed E-state index contributed by atoms with van der Waals surface area (Å²) in [7, 11) is -3.76. The van der Waals surface area contributed by atoms with E-state index in [1.165, 1.54) is 22.6 Å². The van der Waals surface area contributed by atoms with E-state index in [2.05, 4.69) is 15.4 Å². The summed E-state index contributed by atoms with van der Waals surface area (Å²) < 4.78 is 114. The summed E-state index contributed by atoms with van der Waals surface area (Å²) in [5.74, 6) is -7.90. The van der Waals surface area contributed by atoms with Crippen molar-refractivity contribution in [3.8, 4) is 11.1 Å². The fourth-order valence-corrected chi connectivity index (χ4v) is 8.05. The zero-order chi connectivity index (χ0) is 34.5. The third-order valence-electron chi connectivity index (χ3n) is 8.83. The molecular weight excluding hydrogens is 660 g/mol. The Kier molecular flexibility index (Phi) is 8.87. The van der Waals surface area contributed by atoms with Crippen LogP contribution in [0.15, 0.2) is 65.7 Å². The quantitative estimate of drug-likeness (QED) is 0.171. The van der Waals surface area contributed by atoms with Crippen molar-refractivity contribution in [2.24, 2.45) is 5.92 Å². The van der Waals surface area contributed by atoms with Gasteiger partial charge in [-0.25, -0.2) is 26.0 Å². The molecule has 2 aliphatic rings. The van der Waals surface area contributed by atoms with Crippen LogP contribution in [0.1, 0.15) is 66.9 Å². The van der Waals surface area contributed by atoms with Gasteiger partial charge in [0.05, 0.1) is 16.6 Å². The Labute approximate surface area is 272 Å².